The van der Waals surface area contributed by atoms with E-state index in [1.54, 1.807) is 0 Å². The minimum absolute atomic E-state index is 0.0953. The van der Waals surface area contributed by atoms with Crippen molar-refractivity contribution in [2.24, 2.45) is 0 Å². The van der Waals surface area contributed by atoms with Crippen LogP contribution in [0, 0.1) is 0 Å². The van der Waals surface area contributed by atoms with Crippen molar-refractivity contribution in [1.82, 2.24) is 19.6 Å². The minimum atomic E-state index is 0.0953. The first-order valence-electron chi connectivity index (χ1n) is 10.8. The van der Waals surface area contributed by atoms with Crippen molar-refractivity contribution in [3.8, 4) is 0 Å². The molecule has 4 fully saturated rings. The van der Waals surface area contributed by atoms with Gasteiger partial charge in [-0.15, -0.1) is 0 Å². The van der Waals surface area contributed by atoms with Crippen LogP contribution in [0.25, 0.3) is 0 Å². The van der Waals surface area contributed by atoms with Crippen LogP contribution in [0.1, 0.15) is 36.8 Å². The molecule has 4 heterocycles. The van der Waals surface area contributed by atoms with E-state index in [9.17, 15) is 9.59 Å². The summed E-state index contributed by atoms with van der Waals surface area (Å²) in [5.41, 5.74) is 2.37. The van der Waals surface area contributed by atoms with Crippen molar-refractivity contribution in [2.75, 3.05) is 39.3 Å². The molecule has 0 bridgehead atoms. The van der Waals surface area contributed by atoms with Gasteiger partial charge in [-0.1, -0.05) is 24.3 Å². The molecule has 0 saturated carbocycles. The Kier molecular flexibility index (Phi) is 4.85. The first-order chi connectivity index (χ1) is 13.7. The monoisotopic (exact) mass is 382 g/mol. The van der Waals surface area contributed by atoms with Gasteiger partial charge < -0.3 is 9.80 Å². The Labute approximate surface area is 167 Å². The van der Waals surface area contributed by atoms with Crippen LogP contribution in [0.15, 0.2) is 24.3 Å². The summed E-state index contributed by atoms with van der Waals surface area (Å²) < 4.78 is 0. The van der Waals surface area contributed by atoms with Gasteiger partial charge in [0.2, 0.25) is 11.8 Å². The van der Waals surface area contributed by atoms with E-state index in [1.807, 2.05) is 21.9 Å². The van der Waals surface area contributed by atoms with E-state index in [4.69, 9.17) is 0 Å². The second-order valence-electron chi connectivity index (χ2n) is 8.68. The summed E-state index contributed by atoms with van der Waals surface area (Å²) in [6.45, 7) is 7.05. The van der Waals surface area contributed by atoms with E-state index in [1.165, 1.54) is 11.1 Å². The van der Waals surface area contributed by atoms with Crippen molar-refractivity contribution in [3.05, 3.63) is 35.4 Å². The highest BCUT2D eigenvalue weighted by Crippen LogP contribution is 2.26. The van der Waals surface area contributed by atoms with Crippen LogP contribution in [0.5, 0.6) is 0 Å². The lowest BCUT2D eigenvalue weighted by Gasteiger charge is -2.38. The zero-order valence-corrected chi connectivity index (χ0v) is 16.6. The normalized spacial score (nSPS) is 28.7. The van der Waals surface area contributed by atoms with Crippen LogP contribution in [0.3, 0.4) is 0 Å². The van der Waals surface area contributed by atoms with E-state index >= 15 is 0 Å². The maximum absolute atomic E-state index is 12.9. The van der Waals surface area contributed by atoms with Gasteiger partial charge in [0.15, 0.2) is 0 Å². The number of hydrogen-bond acceptors (Lipinski definition) is 4. The van der Waals surface area contributed by atoms with Crippen molar-refractivity contribution in [1.29, 1.82) is 0 Å². The number of benzene rings is 1. The van der Waals surface area contributed by atoms with Crippen molar-refractivity contribution >= 4 is 11.8 Å². The number of carbonyl (C=O) groups excluding carboxylic acids is 2. The summed E-state index contributed by atoms with van der Waals surface area (Å²) in [7, 11) is 0. The summed E-state index contributed by atoms with van der Waals surface area (Å²) in [5, 5.41) is 0. The molecule has 6 heteroatoms. The minimum Gasteiger partial charge on any atom is -0.336 e. The number of amides is 2. The predicted molar refractivity (Wildman–Crippen MR) is 106 cm³/mol. The number of carbonyl (C=O) groups is 2. The van der Waals surface area contributed by atoms with E-state index in [2.05, 4.69) is 21.9 Å². The molecule has 4 aliphatic rings. The van der Waals surface area contributed by atoms with Gasteiger partial charge >= 0.3 is 0 Å². The highest BCUT2D eigenvalue weighted by molar-refractivity contribution is 5.83. The maximum Gasteiger partial charge on any atom is 0.240 e. The van der Waals surface area contributed by atoms with Crippen molar-refractivity contribution in [3.63, 3.8) is 0 Å². The molecule has 2 atom stereocenters. The molecule has 150 valence electrons. The molecule has 0 aromatic heterocycles. The SMILES string of the molecule is O=C1[C@@H]2CCCN2CCN1Cc1ccccc1CN1CCN2CCC[C@H]2C1=O. The first kappa shape index (κ1) is 18.1. The molecule has 5 rings (SSSR count). The van der Waals surface area contributed by atoms with Gasteiger partial charge in [-0.25, -0.2) is 0 Å². The maximum atomic E-state index is 12.9. The Morgan fingerprint density at radius 1 is 0.679 bits per heavy atom. The summed E-state index contributed by atoms with van der Waals surface area (Å²) in [6, 6.07) is 8.54. The van der Waals surface area contributed by atoms with Gasteiger partial charge in [-0.05, 0) is 49.9 Å². The second kappa shape index (κ2) is 7.48. The molecule has 0 unspecified atom stereocenters. The van der Waals surface area contributed by atoms with Crippen LogP contribution in [0.2, 0.25) is 0 Å². The number of rotatable bonds is 4. The highest BCUT2D eigenvalue weighted by atomic mass is 16.2. The smallest absolute Gasteiger partial charge is 0.240 e. The lowest BCUT2D eigenvalue weighted by molar-refractivity contribution is -0.141. The summed E-state index contributed by atoms with van der Waals surface area (Å²) in [4.78, 5) is 34.5. The van der Waals surface area contributed by atoms with Gasteiger partial charge in [0.25, 0.3) is 0 Å². The van der Waals surface area contributed by atoms with Crippen LogP contribution in [-0.2, 0) is 22.7 Å². The average molecular weight is 383 g/mol. The second-order valence-corrected chi connectivity index (χ2v) is 8.68. The molecule has 4 aliphatic heterocycles. The fraction of sp³-hybridized carbons (Fsp3) is 0.636. The molecule has 6 nitrogen and oxygen atoms in total. The van der Waals surface area contributed by atoms with Gasteiger partial charge in [0.1, 0.15) is 0 Å². The van der Waals surface area contributed by atoms with Crippen LogP contribution in [-0.4, -0.2) is 82.8 Å². The standard InChI is InChI=1S/C22H30N4O2/c27-21-19-7-3-9-23(19)11-13-25(21)15-17-5-1-2-6-18(17)16-26-14-12-24-10-4-8-20(24)22(26)28/h1-2,5-6,19-20H,3-4,7-16H2/t19-,20-/m0/s1. The molecule has 1 aromatic carbocycles. The quantitative estimate of drug-likeness (QED) is 0.788. The Balaban J connectivity index is 1.29. The third kappa shape index (κ3) is 3.22. The number of piperazine rings is 2. The van der Waals surface area contributed by atoms with Gasteiger partial charge in [-0.3, -0.25) is 19.4 Å². The summed E-state index contributed by atoms with van der Waals surface area (Å²) in [5.74, 6) is 0.573. The first-order valence-corrected chi connectivity index (χ1v) is 10.8. The van der Waals surface area contributed by atoms with Crippen molar-refractivity contribution in [2.45, 2.75) is 50.9 Å². The third-order valence-electron chi connectivity index (χ3n) is 7.08. The zero-order chi connectivity index (χ0) is 19.1. The molecular weight excluding hydrogens is 352 g/mol. The highest BCUT2D eigenvalue weighted by Gasteiger charge is 2.39. The lowest BCUT2D eigenvalue weighted by atomic mass is 10.0. The molecule has 28 heavy (non-hydrogen) atoms. The molecule has 4 saturated heterocycles. The fourth-order valence-electron chi connectivity index (χ4n) is 5.48. The molecule has 2 amide bonds. The van der Waals surface area contributed by atoms with Gasteiger partial charge in [0.05, 0.1) is 12.1 Å². The third-order valence-corrected chi connectivity index (χ3v) is 7.08. The van der Waals surface area contributed by atoms with Crippen LogP contribution in [0.4, 0.5) is 0 Å². The number of fused-ring (bicyclic) bond motifs is 2. The Bertz CT molecular complexity index is 704. The van der Waals surface area contributed by atoms with Gasteiger partial charge in [0, 0.05) is 39.3 Å². The van der Waals surface area contributed by atoms with E-state index in [0.29, 0.717) is 13.1 Å². The Hall–Kier alpha value is -1.92. The van der Waals surface area contributed by atoms with Crippen LogP contribution >= 0.6 is 0 Å². The summed E-state index contributed by atoms with van der Waals surface area (Å²) in [6.07, 6.45) is 4.26. The molecular formula is C22H30N4O2. The summed E-state index contributed by atoms with van der Waals surface area (Å²) >= 11 is 0. The largest absolute Gasteiger partial charge is 0.336 e. The zero-order valence-electron chi connectivity index (χ0n) is 16.6. The predicted octanol–water partition coefficient (Wildman–Crippen LogP) is 1.30. The number of hydrogen-bond donors (Lipinski definition) is 0. The molecule has 0 aliphatic carbocycles. The lowest BCUT2D eigenvalue weighted by Crippen LogP contribution is -2.54. The van der Waals surface area contributed by atoms with Crippen molar-refractivity contribution < 1.29 is 9.59 Å². The van der Waals surface area contributed by atoms with Gasteiger partial charge in [-0.2, -0.15) is 0 Å². The topological polar surface area (TPSA) is 47.1 Å². The number of nitrogens with zero attached hydrogens (tertiary/aromatic N) is 4. The Morgan fingerprint density at radius 2 is 1.14 bits per heavy atom. The molecule has 0 radical (unpaired) electrons. The van der Waals surface area contributed by atoms with E-state index < -0.39 is 0 Å². The molecule has 0 spiro atoms. The Morgan fingerprint density at radius 3 is 1.61 bits per heavy atom. The average Bonchev–Trinajstić information content (AvgIpc) is 3.37. The van der Waals surface area contributed by atoms with E-state index in [-0.39, 0.29) is 23.9 Å². The fourth-order valence-corrected chi connectivity index (χ4v) is 5.48. The van der Waals surface area contributed by atoms with E-state index in [0.717, 1.165) is 65.0 Å². The molecule has 0 N–H and O–H groups in total. The molecule has 1 aromatic rings. The van der Waals surface area contributed by atoms with Crippen LogP contribution < -0.4 is 0 Å².